The van der Waals surface area contributed by atoms with Gasteiger partial charge in [0.1, 0.15) is 0 Å². The molecule has 4 nitrogen and oxygen atoms in total. The van der Waals surface area contributed by atoms with Gasteiger partial charge in [0, 0.05) is 22.5 Å². The van der Waals surface area contributed by atoms with Crippen molar-refractivity contribution >= 4 is 23.2 Å². The topological polar surface area (TPSA) is 42.2 Å². The van der Waals surface area contributed by atoms with Gasteiger partial charge < -0.3 is 4.42 Å². The summed E-state index contributed by atoms with van der Waals surface area (Å²) in [6.07, 6.45) is -3.29. The van der Waals surface area contributed by atoms with Crippen LogP contribution in [0.3, 0.4) is 0 Å². The molecule has 2 heterocycles. The zero-order valence-corrected chi connectivity index (χ0v) is 14.0. The van der Waals surface area contributed by atoms with Crippen molar-refractivity contribution in [2.45, 2.75) is 31.5 Å². The molecule has 9 heteroatoms. The fraction of sp³-hybridized carbons (Fsp3) is 0.467. The number of hydrogen-bond donors (Lipinski definition) is 0. The van der Waals surface area contributed by atoms with Gasteiger partial charge in [0.15, 0.2) is 0 Å². The van der Waals surface area contributed by atoms with Gasteiger partial charge in [-0.15, -0.1) is 10.2 Å². The van der Waals surface area contributed by atoms with Crippen LogP contribution in [-0.4, -0.2) is 28.2 Å². The molecule has 0 spiro atoms. The fourth-order valence-corrected chi connectivity index (χ4v) is 3.21. The maximum absolute atomic E-state index is 12.5. The zero-order valence-electron chi connectivity index (χ0n) is 12.5. The van der Waals surface area contributed by atoms with Crippen molar-refractivity contribution in [1.29, 1.82) is 0 Å². The second-order valence-corrected chi connectivity index (χ2v) is 6.57. The molecule has 130 valence electrons. The minimum Gasteiger partial charge on any atom is -0.417 e. The van der Waals surface area contributed by atoms with Crippen LogP contribution in [0, 0.1) is 0 Å². The van der Waals surface area contributed by atoms with Crippen LogP contribution in [0.5, 0.6) is 0 Å². The Balaban J connectivity index is 1.58. The van der Waals surface area contributed by atoms with E-state index in [1.165, 1.54) is 0 Å². The van der Waals surface area contributed by atoms with E-state index in [1.807, 2.05) is 6.07 Å². The average Bonchev–Trinajstić information content (AvgIpc) is 3.01. The minimum atomic E-state index is -4.60. The zero-order chi connectivity index (χ0) is 17.3. The lowest BCUT2D eigenvalue weighted by atomic mass is 9.96. The van der Waals surface area contributed by atoms with Crippen molar-refractivity contribution in [3.8, 4) is 0 Å². The standard InChI is InChI=1S/C15H14Cl2F3N3O/c16-11-2-1-10(12(17)7-11)8-23-5-3-9(4-6-23)13-21-22-14(24-13)15(18,19)20/h1-2,7,9H,3-6,8H2. The molecule has 1 saturated heterocycles. The monoisotopic (exact) mass is 379 g/mol. The Hall–Kier alpha value is -1.31. The molecule has 24 heavy (non-hydrogen) atoms. The third-order valence-corrected chi connectivity index (χ3v) is 4.62. The first-order chi connectivity index (χ1) is 11.3. The van der Waals surface area contributed by atoms with Gasteiger partial charge in [-0.1, -0.05) is 29.3 Å². The van der Waals surface area contributed by atoms with Gasteiger partial charge in [0.25, 0.3) is 0 Å². The summed E-state index contributed by atoms with van der Waals surface area (Å²) in [5, 5.41) is 7.82. The summed E-state index contributed by atoms with van der Waals surface area (Å²) in [4.78, 5) is 2.19. The van der Waals surface area contributed by atoms with Crippen LogP contribution in [0.15, 0.2) is 22.6 Å². The van der Waals surface area contributed by atoms with Crippen molar-refractivity contribution in [1.82, 2.24) is 15.1 Å². The molecule has 3 rings (SSSR count). The third kappa shape index (κ3) is 4.02. The molecular weight excluding hydrogens is 366 g/mol. The summed E-state index contributed by atoms with van der Waals surface area (Å²) in [7, 11) is 0. The Labute approximate surface area is 146 Å². The van der Waals surface area contributed by atoms with Gasteiger partial charge in [0.2, 0.25) is 5.89 Å². The first-order valence-corrected chi connectivity index (χ1v) is 8.15. The molecule has 1 aliphatic heterocycles. The maximum Gasteiger partial charge on any atom is 0.470 e. The largest absolute Gasteiger partial charge is 0.470 e. The van der Waals surface area contributed by atoms with Crippen molar-refractivity contribution < 1.29 is 17.6 Å². The van der Waals surface area contributed by atoms with Crippen LogP contribution < -0.4 is 0 Å². The lowest BCUT2D eigenvalue weighted by Gasteiger charge is -2.30. The van der Waals surface area contributed by atoms with Gasteiger partial charge in [-0.2, -0.15) is 13.2 Å². The molecule has 0 saturated carbocycles. The van der Waals surface area contributed by atoms with Crippen LogP contribution >= 0.6 is 23.2 Å². The van der Waals surface area contributed by atoms with Crippen molar-refractivity contribution in [3.05, 3.63) is 45.6 Å². The summed E-state index contributed by atoms with van der Waals surface area (Å²) < 4.78 is 42.3. The summed E-state index contributed by atoms with van der Waals surface area (Å²) in [6.45, 7) is 2.10. The van der Waals surface area contributed by atoms with Crippen molar-refractivity contribution in [2.24, 2.45) is 0 Å². The number of aromatic nitrogens is 2. The van der Waals surface area contributed by atoms with E-state index < -0.39 is 12.1 Å². The van der Waals surface area contributed by atoms with Crippen LogP contribution in [0.1, 0.15) is 36.1 Å². The highest BCUT2D eigenvalue weighted by Gasteiger charge is 2.39. The number of rotatable bonds is 3. The van der Waals surface area contributed by atoms with E-state index >= 15 is 0 Å². The van der Waals surface area contributed by atoms with Crippen LogP contribution in [0.4, 0.5) is 13.2 Å². The Morgan fingerprint density at radius 2 is 1.88 bits per heavy atom. The van der Waals surface area contributed by atoms with Gasteiger partial charge in [-0.05, 0) is 43.6 Å². The van der Waals surface area contributed by atoms with Crippen molar-refractivity contribution in [3.63, 3.8) is 0 Å². The highest BCUT2D eigenvalue weighted by Crippen LogP contribution is 2.33. The summed E-state index contributed by atoms with van der Waals surface area (Å²) in [5.74, 6) is -1.37. The molecule has 1 aliphatic rings. The normalized spacial score (nSPS) is 17.4. The quantitative estimate of drug-likeness (QED) is 0.769. The SMILES string of the molecule is FC(F)(F)c1nnc(C2CCN(Cc3ccc(Cl)cc3Cl)CC2)o1. The molecule has 1 aromatic carbocycles. The van der Waals surface area contributed by atoms with Gasteiger partial charge in [0.05, 0.1) is 0 Å². The second-order valence-electron chi connectivity index (χ2n) is 5.73. The average molecular weight is 380 g/mol. The second kappa shape index (κ2) is 6.90. The molecule has 0 bridgehead atoms. The Morgan fingerprint density at radius 1 is 1.17 bits per heavy atom. The lowest BCUT2D eigenvalue weighted by molar-refractivity contribution is -0.157. The molecule has 1 fully saturated rings. The number of likely N-dealkylation sites (tertiary alicyclic amines) is 1. The number of benzene rings is 1. The number of nitrogens with zero attached hydrogens (tertiary/aromatic N) is 3. The number of piperidine rings is 1. The van der Waals surface area contributed by atoms with Gasteiger partial charge in [-0.3, -0.25) is 4.90 Å². The molecule has 2 aromatic rings. The number of alkyl halides is 3. The lowest BCUT2D eigenvalue weighted by Crippen LogP contribution is -2.32. The van der Waals surface area contributed by atoms with Gasteiger partial charge >= 0.3 is 12.1 Å². The third-order valence-electron chi connectivity index (χ3n) is 4.03. The van der Waals surface area contributed by atoms with Crippen LogP contribution in [0.25, 0.3) is 0 Å². The van der Waals surface area contributed by atoms with E-state index in [-0.39, 0.29) is 11.8 Å². The maximum atomic E-state index is 12.5. The van der Waals surface area contributed by atoms with Crippen LogP contribution in [-0.2, 0) is 12.7 Å². The first kappa shape index (κ1) is 17.5. The summed E-state index contributed by atoms with van der Waals surface area (Å²) in [5.41, 5.74) is 0.969. The fourth-order valence-electron chi connectivity index (χ4n) is 2.74. The Morgan fingerprint density at radius 3 is 2.46 bits per heavy atom. The molecule has 0 radical (unpaired) electrons. The smallest absolute Gasteiger partial charge is 0.417 e. The molecule has 0 amide bonds. The van der Waals surface area contributed by atoms with Crippen LogP contribution in [0.2, 0.25) is 10.0 Å². The van der Waals surface area contributed by atoms with Gasteiger partial charge in [-0.25, -0.2) is 0 Å². The van der Waals surface area contributed by atoms with E-state index in [0.717, 1.165) is 5.56 Å². The summed E-state index contributed by atoms with van der Waals surface area (Å²) >= 11 is 12.0. The first-order valence-electron chi connectivity index (χ1n) is 7.40. The highest BCUT2D eigenvalue weighted by molar-refractivity contribution is 6.35. The Bertz CT molecular complexity index is 712. The number of halogens is 5. The van der Waals surface area contributed by atoms with Crippen molar-refractivity contribution in [2.75, 3.05) is 13.1 Å². The molecule has 0 atom stereocenters. The highest BCUT2D eigenvalue weighted by atomic mass is 35.5. The van der Waals surface area contributed by atoms with E-state index in [0.29, 0.717) is 42.5 Å². The minimum absolute atomic E-state index is 0.0616. The molecule has 1 aromatic heterocycles. The van der Waals surface area contributed by atoms with E-state index in [1.54, 1.807) is 12.1 Å². The number of hydrogen-bond acceptors (Lipinski definition) is 4. The predicted octanol–water partition coefficient (Wildman–Crippen LogP) is 4.77. The summed E-state index contributed by atoms with van der Waals surface area (Å²) in [6, 6.07) is 5.36. The molecular formula is C15H14Cl2F3N3O. The predicted molar refractivity (Wildman–Crippen MR) is 83.0 cm³/mol. The Kier molecular flexibility index (Phi) is 5.03. The van der Waals surface area contributed by atoms with E-state index in [2.05, 4.69) is 15.1 Å². The van der Waals surface area contributed by atoms with E-state index in [4.69, 9.17) is 27.6 Å². The molecule has 0 aliphatic carbocycles. The van der Waals surface area contributed by atoms with E-state index in [9.17, 15) is 13.2 Å². The molecule has 0 unspecified atom stereocenters. The molecule has 0 N–H and O–H groups in total.